The van der Waals surface area contributed by atoms with Crippen molar-refractivity contribution in [2.24, 2.45) is 0 Å². The van der Waals surface area contributed by atoms with E-state index in [-0.39, 0.29) is 11.3 Å². The van der Waals surface area contributed by atoms with Gasteiger partial charge in [0.25, 0.3) is 5.56 Å². The largest absolute Gasteiger partial charge is 0.306 e. The zero-order chi connectivity index (χ0) is 10.7. The molecule has 0 aliphatic rings. The van der Waals surface area contributed by atoms with Crippen LogP contribution in [0.1, 0.15) is 10.5 Å². The molecule has 0 saturated heterocycles. The Labute approximate surface area is 84.8 Å². The summed E-state index contributed by atoms with van der Waals surface area (Å²) >= 11 is 0. The summed E-state index contributed by atoms with van der Waals surface area (Å²) in [4.78, 5) is 32.1. The van der Waals surface area contributed by atoms with E-state index in [4.69, 9.17) is 0 Å². The van der Waals surface area contributed by atoms with Gasteiger partial charge in [-0.25, -0.2) is 4.98 Å². The van der Waals surface area contributed by atoms with Gasteiger partial charge in [-0.1, -0.05) is 0 Å². The number of aromatic nitrogens is 3. The zero-order valence-electron chi connectivity index (χ0n) is 7.68. The quantitative estimate of drug-likeness (QED) is 0.723. The number of hydrogen-bond donors (Lipinski definition) is 1. The lowest BCUT2D eigenvalue weighted by atomic mass is 10.2. The molecule has 0 aliphatic carbocycles. The molecule has 74 valence electrons. The highest BCUT2D eigenvalue weighted by Crippen LogP contribution is 2.10. The molecule has 2 aromatic heterocycles. The van der Waals surface area contributed by atoms with Crippen LogP contribution in [0.5, 0.6) is 0 Å². The van der Waals surface area contributed by atoms with Crippen LogP contribution in [0, 0.1) is 0 Å². The van der Waals surface area contributed by atoms with Crippen LogP contribution < -0.4 is 5.56 Å². The number of H-pyrrole nitrogens is 1. The predicted molar refractivity (Wildman–Crippen MR) is 53.5 cm³/mol. The Morgan fingerprint density at radius 1 is 1.40 bits per heavy atom. The van der Waals surface area contributed by atoms with Gasteiger partial charge in [0.15, 0.2) is 6.29 Å². The van der Waals surface area contributed by atoms with Crippen LogP contribution in [0.15, 0.2) is 35.4 Å². The van der Waals surface area contributed by atoms with E-state index in [1.165, 1.54) is 0 Å². The van der Waals surface area contributed by atoms with Crippen LogP contribution in [0.3, 0.4) is 0 Å². The summed E-state index contributed by atoms with van der Waals surface area (Å²) in [6.07, 6.45) is 3.72. The Hall–Kier alpha value is -2.30. The number of nitrogens with zero attached hydrogens (tertiary/aromatic N) is 2. The molecular weight excluding hydrogens is 194 g/mol. The van der Waals surface area contributed by atoms with Crippen molar-refractivity contribution in [3.8, 4) is 11.4 Å². The summed E-state index contributed by atoms with van der Waals surface area (Å²) in [5.41, 5.74) is 0.418. The number of carbonyl (C=O) groups is 1. The van der Waals surface area contributed by atoms with E-state index >= 15 is 0 Å². The Morgan fingerprint density at radius 2 is 2.27 bits per heavy atom. The Kier molecular flexibility index (Phi) is 2.37. The van der Waals surface area contributed by atoms with Crippen molar-refractivity contribution in [3.05, 3.63) is 46.6 Å². The molecule has 0 bridgehead atoms. The van der Waals surface area contributed by atoms with Gasteiger partial charge < -0.3 is 4.98 Å². The molecule has 0 atom stereocenters. The maximum absolute atomic E-state index is 11.2. The fraction of sp³-hybridized carbons (Fsp3) is 0. The molecule has 1 N–H and O–H groups in total. The van der Waals surface area contributed by atoms with Gasteiger partial charge in [-0.05, 0) is 12.1 Å². The first-order valence-corrected chi connectivity index (χ1v) is 4.26. The first-order valence-electron chi connectivity index (χ1n) is 4.26. The second-order valence-electron chi connectivity index (χ2n) is 2.88. The third-order valence-electron chi connectivity index (χ3n) is 1.82. The van der Waals surface area contributed by atoms with Crippen LogP contribution in [0.2, 0.25) is 0 Å². The molecule has 2 heterocycles. The number of aromatic amines is 1. The molecule has 0 spiro atoms. The minimum absolute atomic E-state index is 0.109. The van der Waals surface area contributed by atoms with Crippen molar-refractivity contribution in [3.63, 3.8) is 0 Å². The average Bonchev–Trinajstić information content (AvgIpc) is 2.29. The smallest absolute Gasteiger partial charge is 0.251 e. The van der Waals surface area contributed by atoms with Gasteiger partial charge in [0.05, 0.1) is 0 Å². The van der Waals surface area contributed by atoms with Gasteiger partial charge in [-0.15, -0.1) is 0 Å². The molecule has 0 aromatic carbocycles. The van der Waals surface area contributed by atoms with Gasteiger partial charge in [0.1, 0.15) is 11.5 Å². The van der Waals surface area contributed by atoms with Gasteiger partial charge in [0.2, 0.25) is 0 Å². The highest BCUT2D eigenvalue weighted by Gasteiger charge is 2.02. The highest BCUT2D eigenvalue weighted by atomic mass is 16.1. The third-order valence-corrected chi connectivity index (χ3v) is 1.82. The number of hydrogen-bond acceptors (Lipinski definition) is 4. The van der Waals surface area contributed by atoms with Crippen molar-refractivity contribution in [2.45, 2.75) is 0 Å². The fourth-order valence-electron chi connectivity index (χ4n) is 1.18. The molecule has 0 saturated carbocycles. The molecule has 15 heavy (non-hydrogen) atoms. The lowest BCUT2D eigenvalue weighted by Crippen LogP contribution is -2.09. The summed E-state index contributed by atoms with van der Waals surface area (Å²) in [6, 6.07) is 4.62. The van der Waals surface area contributed by atoms with E-state index < -0.39 is 0 Å². The number of nitrogens with one attached hydrogen (secondary N) is 1. The van der Waals surface area contributed by atoms with Crippen LogP contribution in [-0.4, -0.2) is 21.2 Å². The molecule has 0 unspecified atom stereocenters. The summed E-state index contributed by atoms with van der Waals surface area (Å²) in [7, 11) is 0. The van der Waals surface area contributed by atoms with Crippen molar-refractivity contribution < 1.29 is 4.79 Å². The number of pyridine rings is 1. The zero-order valence-corrected chi connectivity index (χ0v) is 7.68. The van der Waals surface area contributed by atoms with Crippen LogP contribution in [-0.2, 0) is 0 Å². The third kappa shape index (κ3) is 1.96. The van der Waals surface area contributed by atoms with E-state index in [1.54, 1.807) is 24.5 Å². The SMILES string of the molecule is O=Cc1cc(=O)[nH]c(-c2cccnc2)n1. The van der Waals surface area contributed by atoms with Crippen LogP contribution >= 0.6 is 0 Å². The van der Waals surface area contributed by atoms with Crippen molar-refractivity contribution >= 4 is 6.29 Å². The predicted octanol–water partition coefficient (Wildman–Crippen LogP) is 0.644. The second-order valence-corrected chi connectivity index (χ2v) is 2.88. The van der Waals surface area contributed by atoms with Crippen molar-refractivity contribution in [2.75, 3.05) is 0 Å². The van der Waals surface area contributed by atoms with E-state index in [0.717, 1.165) is 6.07 Å². The summed E-state index contributed by atoms with van der Waals surface area (Å²) in [6.45, 7) is 0. The van der Waals surface area contributed by atoms with Crippen molar-refractivity contribution in [1.29, 1.82) is 0 Å². The minimum Gasteiger partial charge on any atom is -0.306 e. The molecule has 2 aromatic rings. The van der Waals surface area contributed by atoms with E-state index in [2.05, 4.69) is 15.0 Å². The average molecular weight is 201 g/mol. The monoisotopic (exact) mass is 201 g/mol. The molecule has 0 amide bonds. The standard InChI is InChI=1S/C10H7N3O2/c14-6-8-4-9(15)13-10(12-8)7-2-1-3-11-5-7/h1-6H,(H,12,13,15). The maximum atomic E-state index is 11.2. The summed E-state index contributed by atoms with van der Waals surface area (Å²) in [5, 5.41) is 0. The van der Waals surface area contributed by atoms with Gasteiger partial charge >= 0.3 is 0 Å². The molecule has 0 fully saturated rings. The fourth-order valence-corrected chi connectivity index (χ4v) is 1.18. The van der Waals surface area contributed by atoms with E-state index in [0.29, 0.717) is 17.7 Å². The number of rotatable bonds is 2. The minimum atomic E-state index is -0.356. The first-order chi connectivity index (χ1) is 7.29. The lowest BCUT2D eigenvalue weighted by Gasteiger charge is -1.99. The normalized spacial score (nSPS) is 9.87. The van der Waals surface area contributed by atoms with Gasteiger partial charge in [-0.3, -0.25) is 14.6 Å². The Bertz CT molecular complexity index is 534. The van der Waals surface area contributed by atoms with Crippen LogP contribution in [0.4, 0.5) is 0 Å². The van der Waals surface area contributed by atoms with E-state index in [1.807, 2.05) is 0 Å². The Balaban J connectivity index is 2.59. The molecule has 0 aliphatic heterocycles. The lowest BCUT2D eigenvalue weighted by molar-refractivity contribution is 0.111. The second kappa shape index (κ2) is 3.83. The molecular formula is C10H7N3O2. The first kappa shape index (κ1) is 9.26. The molecule has 5 nitrogen and oxygen atoms in total. The summed E-state index contributed by atoms with van der Waals surface area (Å²) in [5.74, 6) is 0.345. The summed E-state index contributed by atoms with van der Waals surface area (Å²) < 4.78 is 0. The molecule has 0 radical (unpaired) electrons. The molecule has 5 heteroatoms. The van der Waals surface area contributed by atoms with Crippen LogP contribution in [0.25, 0.3) is 11.4 Å². The number of aldehydes is 1. The maximum Gasteiger partial charge on any atom is 0.251 e. The highest BCUT2D eigenvalue weighted by molar-refractivity contribution is 5.72. The Morgan fingerprint density at radius 3 is 2.93 bits per heavy atom. The van der Waals surface area contributed by atoms with Gasteiger partial charge in [-0.2, -0.15) is 0 Å². The van der Waals surface area contributed by atoms with Gasteiger partial charge in [0, 0.05) is 24.0 Å². The topological polar surface area (TPSA) is 75.7 Å². The van der Waals surface area contributed by atoms with E-state index in [9.17, 15) is 9.59 Å². The van der Waals surface area contributed by atoms with Crippen molar-refractivity contribution in [1.82, 2.24) is 15.0 Å². The molecule has 2 rings (SSSR count). The number of carbonyl (C=O) groups excluding carboxylic acids is 1.